The minimum Gasteiger partial charge on any atom is -0.368 e. The Labute approximate surface area is 122 Å². The first-order valence-corrected chi connectivity index (χ1v) is 7.93. The van der Waals surface area contributed by atoms with Crippen molar-refractivity contribution in [2.75, 3.05) is 13.2 Å². The highest BCUT2D eigenvalue weighted by Gasteiger charge is 2.37. The fourth-order valence-electron chi connectivity index (χ4n) is 2.94. The molecule has 1 N–H and O–H groups in total. The van der Waals surface area contributed by atoms with Crippen molar-refractivity contribution >= 4 is 0 Å². The van der Waals surface area contributed by atoms with Gasteiger partial charge in [-0.3, -0.25) is 0 Å². The number of nitrogens with one attached hydrogen (secondary N) is 1. The highest BCUT2D eigenvalue weighted by atomic mass is 19.3. The summed E-state index contributed by atoms with van der Waals surface area (Å²) in [5.41, 5.74) is -0.407. The Morgan fingerprint density at radius 3 is 2.30 bits per heavy atom. The van der Waals surface area contributed by atoms with E-state index in [1.165, 1.54) is 12.8 Å². The summed E-state index contributed by atoms with van der Waals surface area (Å²) in [5.74, 6) is 0.748. The summed E-state index contributed by atoms with van der Waals surface area (Å²) >= 11 is 0. The zero-order valence-corrected chi connectivity index (χ0v) is 13.5. The van der Waals surface area contributed by atoms with Gasteiger partial charge in [0.15, 0.2) is 0 Å². The van der Waals surface area contributed by atoms with Gasteiger partial charge in [-0.25, -0.2) is 8.78 Å². The van der Waals surface area contributed by atoms with E-state index < -0.39 is 18.6 Å². The monoisotopic (exact) mass is 291 g/mol. The lowest BCUT2D eigenvalue weighted by molar-refractivity contribution is -0.113. The predicted octanol–water partition coefficient (Wildman–Crippen LogP) is 4.39. The van der Waals surface area contributed by atoms with E-state index in [-0.39, 0.29) is 5.54 Å². The van der Waals surface area contributed by atoms with Gasteiger partial charge < -0.3 is 10.1 Å². The Morgan fingerprint density at radius 2 is 1.85 bits per heavy atom. The molecule has 0 aliphatic heterocycles. The smallest absolute Gasteiger partial charge is 0.261 e. The first kappa shape index (κ1) is 17.8. The molecule has 0 spiro atoms. The van der Waals surface area contributed by atoms with Gasteiger partial charge in [0.2, 0.25) is 0 Å². The highest BCUT2D eigenvalue weighted by Crippen LogP contribution is 2.37. The molecule has 0 radical (unpaired) electrons. The highest BCUT2D eigenvalue weighted by molar-refractivity contribution is 4.91. The average molecular weight is 291 g/mol. The summed E-state index contributed by atoms with van der Waals surface area (Å²) < 4.78 is 30.6. The van der Waals surface area contributed by atoms with Gasteiger partial charge in [-0.15, -0.1) is 0 Å². The molecule has 0 aromatic heterocycles. The Hall–Kier alpha value is -0.220. The van der Waals surface area contributed by atoms with Crippen molar-refractivity contribution in [2.45, 2.75) is 83.8 Å². The molecule has 1 aliphatic carbocycles. The lowest BCUT2D eigenvalue weighted by Crippen LogP contribution is -2.51. The number of halogens is 2. The van der Waals surface area contributed by atoms with E-state index in [0.717, 1.165) is 31.6 Å². The van der Waals surface area contributed by atoms with E-state index in [4.69, 9.17) is 4.74 Å². The largest absolute Gasteiger partial charge is 0.368 e. The van der Waals surface area contributed by atoms with Crippen LogP contribution in [0.15, 0.2) is 0 Å². The lowest BCUT2D eigenvalue weighted by atomic mass is 9.76. The van der Waals surface area contributed by atoms with E-state index in [2.05, 4.69) is 33.0 Å². The molecule has 1 fully saturated rings. The van der Waals surface area contributed by atoms with Gasteiger partial charge in [-0.2, -0.15) is 0 Å². The fraction of sp³-hybridized carbons (Fsp3) is 1.00. The van der Waals surface area contributed by atoms with Crippen LogP contribution in [0.4, 0.5) is 8.78 Å². The molecule has 120 valence electrons. The van der Waals surface area contributed by atoms with Gasteiger partial charge >= 0.3 is 0 Å². The topological polar surface area (TPSA) is 21.3 Å². The van der Waals surface area contributed by atoms with Gasteiger partial charge in [0.05, 0.1) is 5.60 Å². The molecule has 0 atom stereocenters. The van der Waals surface area contributed by atoms with Crippen LogP contribution in [0.2, 0.25) is 0 Å². The molecule has 20 heavy (non-hydrogen) atoms. The van der Waals surface area contributed by atoms with Crippen LogP contribution in [0, 0.1) is 5.92 Å². The second kappa shape index (κ2) is 7.69. The van der Waals surface area contributed by atoms with Crippen molar-refractivity contribution < 1.29 is 13.5 Å². The molecule has 4 heteroatoms. The number of ether oxygens (including phenoxy) is 1. The molecule has 1 saturated carbocycles. The quantitative estimate of drug-likeness (QED) is 0.751. The molecule has 0 bridgehead atoms. The third-order valence-corrected chi connectivity index (χ3v) is 4.17. The average Bonchev–Trinajstić information content (AvgIpc) is 2.36. The molecule has 1 aliphatic rings. The molecule has 0 amide bonds. The van der Waals surface area contributed by atoms with Crippen LogP contribution in [-0.4, -0.2) is 30.7 Å². The minimum absolute atomic E-state index is 0.0124. The Bertz CT molecular complexity index is 268. The second-order valence-corrected chi connectivity index (χ2v) is 7.22. The zero-order valence-electron chi connectivity index (χ0n) is 13.5. The van der Waals surface area contributed by atoms with Crippen LogP contribution in [0.1, 0.15) is 66.2 Å². The minimum atomic E-state index is -2.38. The van der Waals surface area contributed by atoms with Crippen LogP contribution < -0.4 is 5.32 Å². The number of rotatable bonds is 7. The van der Waals surface area contributed by atoms with E-state index in [0.29, 0.717) is 6.54 Å². The number of alkyl halides is 2. The van der Waals surface area contributed by atoms with Crippen LogP contribution in [0.25, 0.3) is 0 Å². The van der Waals surface area contributed by atoms with E-state index in [1.807, 2.05) is 0 Å². The summed E-state index contributed by atoms with van der Waals surface area (Å²) in [5, 5.41) is 3.43. The fourth-order valence-corrected chi connectivity index (χ4v) is 2.94. The summed E-state index contributed by atoms with van der Waals surface area (Å²) in [6, 6.07) is 0. The van der Waals surface area contributed by atoms with Crippen molar-refractivity contribution in [3.05, 3.63) is 0 Å². The van der Waals surface area contributed by atoms with Gasteiger partial charge in [0.1, 0.15) is 6.61 Å². The Morgan fingerprint density at radius 1 is 1.25 bits per heavy atom. The third kappa shape index (κ3) is 6.49. The summed E-state index contributed by atoms with van der Waals surface area (Å²) in [6.45, 7) is 8.71. The Balaban J connectivity index is 2.57. The first-order valence-electron chi connectivity index (χ1n) is 7.93. The standard InChI is InChI=1S/C16H31F2NO/c1-5-6-13-7-9-16(10-8-13,20-11-14(17)18)12-19-15(2,3)4/h13-14,19H,5-12H2,1-4H3. The summed E-state index contributed by atoms with van der Waals surface area (Å²) in [4.78, 5) is 0. The molecule has 0 aromatic rings. The van der Waals surface area contributed by atoms with Crippen LogP contribution in [0.3, 0.4) is 0 Å². The maximum Gasteiger partial charge on any atom is 0.261 e. The van der Waals surface area contributed by atoms with E-state index in [1.54, 1.807) is 0 Å². The second-order valence-electron chi connectivity index (χ2n) is 7.22. The van der Waals surface area contributed by atoms with Gasteiger partial charge in [0, 0.05) is 12.1 Å². The van der Waals surface area contributed by atoms with E-state index >= 15 is 0 Å². The van der Waals surface area contributed by atoms with Crippen molar-refractivity contribution in [3.8, 4) is 0 Å². The van der Waals surface area contributed by atoms with Crippen LogP contribution in [0.5, 0.6) is 0 Å². The van der Waals surface area contributed by atoms with Crippen molar-refractivity contribution in [3.63, 3.8) is 0 Å². The van der Waals surface area contributed by atoms with Gasteiger partial charge in [-0.1, -0.05) is 19.8 Å². The van der Waals surface area contributed by atoms with Crippen LogP contribution >= 0.6 is 0 Å². The predicted molar refractivity (Wildman–Crippen MR) is 79.3 cm³/mol. The molecule has 2 nitrogen and oxygen atoms in total. The molecular formula is C16H31F2NO. The molecule has 1 rings (SSSR count). The van der Waals surface area contributed by atoms with Crippen molar-refractivity contribution in [2.24, 2.45) is 5.92 Å². The SMILES string of the molecule is CCCC1CCC(CNC(C)(C)C)(OCC(F)F)CC1. The first-order chi connectivity index (χ1) is 9.26. The zero-order chi connectivity index (χ0) is 15.2. The normalized spacial score (nSPS) is 28.1. The van der Waals surface area contributed by atoms with Crippen molar-refractivity contribution in [1.29, 1.82) is 0 Å². The van der Waals surface area contributed by atoms with Gasteiger partial charge in [0.25, 0.3) is 6.43 Å². The van der Waals surface area contributed by atoms with Crippen molar-refractivity contribution in [1.82, 2.24) is 5.32 Å². The summed E-state index contributed by atoms with van der Waals surface area (Å²) in [6.07, 6.45) is 4.06. The van der Waals surface area contributed by atoms with Crippen LogP contribution in [-0.2, 0) is 4.74 Å². The number of hydrogen-bond acceptors (Lipinski definition) is 2. The van der Waals surface area contributed by atoms with E-state index in [9.17, 15) is 8.78 Å². The molecule has 0 saturated heterocycles. The number of hydrogen-bond donors (Lipinski definition) is 1. The van der Waals surface area contributed by atoms with Gasteiger partial charge in [-0.05, 0) is 52.4 Å². The molecule has 0 aromatic carbocycles. The maximum atomic E-state index is 12.5. The maximum absolute atomic E-state index is 12.5. The molecular weight excluding hydrogens is 260 g/mol. The Kier molecular flexibility index (Phi) is 6.86. The molecule has 0 heterocycles. The molecule has 0 unspecified atom stereocenters. The third-order valence-electron chi connectivity index (χ3n) is 4.17. The lowest BCUT2D eigenvalue weighted by Gasteiger charge is -2.42. The summed E-state index contributed by atoms with van der Waals surface area (Å²) in [7, 11) is 0.